The van der Waals surface area contributed by atoms with Crippen molar-refractivity contribution in [3.8, 4) is 0 Å². The molecular weight excluding hydrogens is 359 g/mol. The average molecular weight is 407 g/mol. The van der Waals surface area contributed by atoms with Gasteiger partial charge < -0.3 is 9.84 Å². The summed E-state index contributed by atoms with van der Waals surface area (Å²) < 4.78 is 19.3. The normalized spacial score (nSPS) is 15.0. The molecule has 0 rings (SSSR count). The highest BCUT2D eigenvalue weighted by atomic mass is 32.2. The molecule has 0 saturated carbocycles. The van der Waals surface area contributed by atoms with Gasteiger partial charge in [-0.05, 0) is 19.3 Å². The number of aliphatic hydroxyl groups is 1. The third-order valence-corrected chi connectivity index (χ3v) is 6.32. The van der Waals surface area contributed by atoms with E-state index in [0.717, 1.165) is 25.9 Å². The number of rotatable bonds is 21. The molecule has 0 aromatic heterocycles. The van der Waals surface area contributed by atoms with Crippen LogP contribution in [0.2, 0.25) is 0 Å². The molecule has 0 aliphatic heterocycles. The van der Waals surface area contributed by atoms with Crippen molar-refractivity contribution in [2.24, 2.45) is 0 Å². The van der Waals surface area contributed by atoms with Gasteiger partial charge in [-0.3, -0.25) is 0 Å². The summed E-state index contributed by atoms with van der Waals surface area (Å²) in [5, 5.41) is 10.3. The second kappa shape index (κ2) is 20.9. The predicted molar refractivity (Wildman–Crippen MR) is 120 cm³/mol. The van der Waals surface area contributed by atoms with E-state index < -0.39 is 12.3 Å². The van der Waals surface area contributed by atoms with Crippen LogP contribution in [0.25, 0.3) is 0 Å². The molecule has 0 fully saturated rings. The van der Waals surface area contributed by atoms with Crippen LogP contribution in [0.4, 0.5) is 4.39 Å². The van der Waals surface area contributed by atoms with Crippen molar-refractivity contribution in [2.75, 3.05) is 19.0 Å². The van der Waals surface area contributed by atoms with E-state index in [1.807, 2.05) is 0 Å². The van der Waals surface area contributed by atoms with Crippen LogP contribution in [0.5, 0.6) is 0 Å². The zero-order chi connectivity index (χ0) is 20.2. The molecule has 0 aromatic carbocycles. The standard InChI is InChI=1S/C23H47FO2S/c1-4-6-8-9-10-11-12-13-14-15-17-26-19-23(25)20-27-21(3)18-22(24)16-7-5-2/h21-23,25H,4-20H2,1-3H3. The molecule has 0 saturated heterocycles. The van der Waals surface area contributed by atoms with Gasteiger partial charge >= 0.3 is 0 Å². The molecule has 0 heterocycles. The fourth-order valence-electron chi connectivity index (χ4n) is 3.21. The first-order chi connectivity index (χ1) is 13.1. The molecule has 4 heteroatoms. The molecule has 3 unspecified atom stereocenters. The number of hydrogen-bond acceptors (Lipinski definition) is 3. The zero-order valence-corrected chi connectivity index (χ0v) is 19.2. The van der Waals surface area contributed by atoms with Crippen LogP contribution in [0, 0.1) is 0 Å². The van der Waals surface area contributed by atoms with Gasteiger partial charge in [-0.1, -0.05) is 91.4 Å². The minimum absolute atomic E-state index is 0.258. The first-order valence-corrected chi connectivity index (χ1v) is 12.7. The van der Waals surface area contributed by atoms with Crippen LogP contribution in [0.3, 0.4) is 0 Å². The van der Waals surface area contributed by atoms with Crippen molar-refractivity contribution in [3.63, 3.8) is 0 Å². The maximum atomic E-state index is 13.7. The van der Waals surface area contributed by atoms with Crippen molar-refractivity contribution < 1.29 is 14.2 Å². The van der Waals surface area contributed by atoms with Gasteiger partial charge in [-0.25, -0.2) is 4.39 Å². The topological polar surface area (TPSA) is 29.5 Å². The molecular formula is C23H47FO2S. The van der Waals surface area contributed by atoms with Gasteiger partial charge in [0.1, 0.15) is 6.17 Å². The highest BCUT2D eigenvalue weighted by molar-refractivity contribution is 7.99. The molecule has 0 aromatic rings. The number of thioether (sulfide) groups is 1. The second-order valence-electron chi connectivity index (χ2n) is 8.03. The number of hydrogen-bond donors (Lipinski definition) is 1. The first kappa shape index (κ1) is 27.2. The van der Waals surface area contributed by atoms with Crippen LogP contribution in [0.1, 0.15) is 111 Å². The lowest BCUT2D eigenvalue weighted by Crippen LogP contribution is -2.20. The Morgan fingerprint density at radius 2 is 1.41 bits per heavy atom. The van der Waals surface area contributed by atoms with Crippen molar-refractivity contribution in [1.82, 2.24) is 0 Å². The Bertz CT molecular complexity index is 292. The number of aliphatic hydroxyl groups excluding tert-OH is 1. The number of alkyl halides is 1. The van der Waals surface area contributed by atoms with Gasteiger partial charge in [-0.2, -0.15) is 11.8 Å². The Hall–Kier alpha value is 0.200. The molecule has 0 aliphatic carbocycles. The lowest BCUT2D eigenvalue weighted by Gasteiger charge is -2.17. The SMILES string of the molecule is CCCCCCCCCCCCOCC(O)CSC(C)CC(F)CCCC. The summed E-state index contributed by atoms with van der Waals surface area (Å²) in [6, 6.07) is 0. The van der Waals surface area contributed by atoms with Crippen molar-refractivity contribution in [1.29, 1.82) is 0 Å². The number of halogens is 1. The summed E-state index contributed by atoms with van der Waals surface area (Å²) in [5.74, 6) is 0.639. The summed E-state index contributed by atoms with van der Waals surface area (Å²) in [6.45, 7) is 7.57. The van der Waals surface area contributed by atoms with Gasteiger partial charge in [0.2, 0.25) is 0 Å². The minimum Gasteiger partial charge on any atom is -0.390 e. The Kier molecular flexibility index (Phi) is 21.1. The molecule has 1 N–H and O–H groups in total. The molecule has 0 bridgehead atoms. The van der Waals surface area contributed by atoms with E-state index in [-0.39, 0.29) is 5.25 Å². The second-order valence-corrected chi connectivity index (χ2v) is 9.50. The maximum absolute atomic E-state index is 13.7. The van der Waals surface area contributed by atoms with E-state index in [0.29, 0.717) is 25.2 Å². The summed E-state index contributed by atoms with van der Waals surface area (Å²) >= 11 is 1.66. The quantitative estimate of drug-likeness (QED) is 0.202. The molecule has 2 nitrogen and oxygen atoms in total. The highest BCUT2D eigenvalue weighted by Crippen LogP contribution is 2.21. The molecule has 0 radical (unpaired) electrons. The molecule has 0 aliphatic rings. The lowest BCUT2D eigenvalue weighted by atomic mass is 10.1. The van der Waals surface area contributed by atoms with Crippen LogP contribution < -0.4 is 0 Å². The zero-order valence-electron chi connectivity index (χ0n) is 18.4. The summed E-state index contributed by atoms with van der Waals surface area (Å²) in [6.07, 6.45) is 15.4. The van der Waals surface area contributed by atoms with Crippen LogP contribution in [-0.4, -0.2) is 41.6 Å². The van der Waals surface area contributed by atoms with Gasteiger partial charge in [0, 0.05) is 17.6 Å². The third-order valence-electron chi connectivity index (χ3n) is 4.98. The summed E-state index contributed by atoms with van der Waals surface area (Å²) in [5.41, 5.74) is 0. The largest absolute Gasteiger partial charge is 0.390 e. The molecule has 164 valence electrons. The maximum Gasteiger partial charge on any atom is 0.101 e. The van der Waals surface area contributed by atoms with E-state index in [1.165, 1.54) is 57.8 Å². The van der Waals surface area contributed by atoms with Gasteiger partial charge in [0.05, 0.1) is 12.7 Å². The Morgan fingerprint density at radius 3 is 2.00 bits per heavy atom. The minimum atomic E-state index is -0.697. The molecule has 0 spiro atoms. The van der Waals surface area contributed by atoms with E-state index in [9.17, 15) is 9.50 Å². The molecule has 27 heavy (non-hydrogen) atoms. The van der Waals surface area contributed by atoms with E-state index in [4.69, 9.17) is 4.74 Å². The predicted octanol–water partition coefficient (Wildman–Crippen LogP) is 7.32. The monoisotopic (exact) mass is 406 g/mol. The molecule has 0 amide bonds. The van der Waals surface area contributed by atoms with Crippen LogP contribution in [0.15, 0.2) is 0 Å². The van der Waals surface area contributed by atoms with E-state index in [2.05, 4.69) is 20.8 Å². The van der Waals surface area contributed by atoms with Gasteiger partial charge in [-0.15, -0.1) is 0 Å². The Labute approximate surface area is 173 Å². The smallest absolute Gasteiger partial charge is 0.101 e. The summed E-state index contributed by atoms with van der Waals surface area (Å²) in [7, 11) is 0. The first-order valence-electron chi connectivity index (χ1n) is 11.6. The Balaban J connectivity index is 3.35. The van der Waals surface area contributed by atoms with Gasteiger partial charge in [0.15, 0.2) is 0 Å². The number of unbranched alkanes of at least 4 members (excludes halogenated alkanes) is 10. The fourth-order valence-corrected chi connectivity index (χ4v) is 4.20. The Morgan fingerprint density at radius 1 is 0.852 bits per heavy atom. The van der Waals surface area contributed by atoms with Crippen LogP contribution in [-0.2, 0) is 4.74 Å². The average Bonchev–Trinajstić information content (AvgIpc) is 2.65. The highest BCUT2D eigenvalue weighted by Gasteiger charge is 2.14. The van der Waals surface area contributed by atoms with Crippen molar-refractivity contribution in [3.05, 3.63) is 0 Å². The van der Waals surface area contributed by atoms with E-state index in [1.54, 1.807) is 11.8 Å². The van der Waals surface area contributed by atoms with E-state index >= 15 is 0 Å². The van der Waals surface area contributed by atoms with Gasteiger partial charge in [0.25, 0.3) is 0 Å². The summed E-state index contributed by atoms with van der Waals surface area (Å²) in [4.78, 5) is 0. The van der Waals surface area contributed by atoms with Crippen molar-refractivity contribution in [2.45, 2.75) is 128 Å². The van der Waals surface area contributed by atoms with Crippen molar-refractivity contribution >= 4 is 11.8 Å². The number of ether oxygens (including phenoxy) is 1. The molecule has 3 atom stereocenters. The fraction of sp³-hybridized carbons (Fsp3) is 1.00. The van der Waals surface area contributed by atoms with Crippen LogP contribution >= 0.6 is 11.8 Å². The lowest BCUT2D eigenvalue weighted by molar-refractivity contribution is 0.0467. The third kappa shape index (κ3) is 20.7.